The highest BCUT2D eigenvalue weighted by molar-refractivity contribution is 7.80. The van der Waals surface area contributed by atoms with Crippen molar-refractivity contribution in [2.75, 3.05) is 0 Å². The van der Waals surface area contributed by atoms with E-state index in [1.54, 1.807) is 0 Å². The Morgan fingerprint density at radius 3 is 2.60 bits per heavy atom. The average Bonchev–Trinajstić information content (AvgIpc) is 2.69. The summed E-state index contributed by atoms with van der Waals surface area (Å²) in [5.74, 6) is 0. The summed E-state index contributed by atoms with van der Waals surface area (Å²) < 4.78 is 3.66. The van der Waals surface area contributed by atoms with Gasteiger partial charge in [0.25, 0.3) is 0 Å². The molecular weight excluding hydrogens is 274 g/mol. The molecular formula is C13H15N5OS. The number of thiocarbonyl (C=S) groups is 1. The Labute approximate surface area is 121 Å². The highest BCUT2D eigenvalue weighted by Gasteiger charge is 2.13. The molecule has 0 aliphatic heterocycles. The lowest BCUT2D eigenvalue weighted by atomic mass is 10.3. The van der Waals surface area contributed by atoms with Crippen LogP contribution in [0.4, 0.5) is 0 Å². The molecule has 2 aromatic rings. The van der Waals surface area contributed by atoms with E-state index < -0.39 is 0 Å². The molecule has 1 aromatic carbocycles. The van der Waals surface area contributed by atoms with Crippen LogP contribution in [0.15, 0.2) is 35.4 Å². The van der Waals surface area contributed by atoms with Gasteiger partial charge in [-0.15, -0.1) is 0 Å². The molecule has 1 aromatic heterocycles. The van der Waals surface area contributed by atoms with E-state index in [-0.39, 0.29) is 5.11 Å². The highest BCUT2D eigenvalue weighted by atomic mass is 32.1. The molecule has 104 valence electrons. The van der Waals surface area contributed by atoms with Crippen LogP contribution >= 0.6 is 12.2 Å². The van der Waals surface area contributed by atoms with E-state index in [0.29, 0.717) is 11.1 Å². The summed E-state index contributed by atoms with van der Waals surface area (Å²) in [5.41, 5.74) is 10.5. The first kappa shape index (κ1) is 14.0. The quantitative estimate of drug-likeness (QED) is 0.492. The molecule has 0 saturated heterocycles. The fraction of sp³-hybridized carbons (Fsp3) is 0.154. The number of hydrogen-bond acceptors (Lipinski definition) is 3. The summed E-state index contributed by atoms with van der Waals surface area (Å²) in [4.78, 5) is 11.3. The third kappa shape index (κ3) is 2.48. The Bertz CT molecular complexity index is 714. The largest absolute Gasteiger partial charge is 0.375 e. The summed E-state index contributed by atoms with van der Waals surface area (Å²) in [6.45, 7) is 1.85. The number of carbonyl (C=O) groups excluding carboxylic acids is 1. The van der Waals surface area contributed by atoms with Crippen LogP contribution in [0.1, 0.15) is 16.1 Å². The number of nitrogens with one attached hydrogen (secondary N) is 1. The van der Waals surface area contributed by atoms with Gasteiger partial charge in [0, 0.05) is 12.7 Å². The zero-order valence-electron chi connectivity index (χ0n) is 11.2. The second-order valence-corrected chi connectivity index (χ2v) is 4.64. The molecule has 0 aliphatic rings. The topological polar surface area (TPSA) is 77.3 Å². The fourth-order valence-corrected chi connectivity index (χ4v) is 2.01. The first-order valence-electron chi connectivity index (χ1n) is 5.94. The number of rotatable bonds is 3. The summed E-state index contributed by atoms with van der Waals surface area (Å²) in [5, 5.41) is 4.17. The SMILES string of the molecule is Cc1c(C=O)c(=NNC(N)=S)n(-c2ccccc2)n1C. The molecule has 0 atom stereocenters. The highest BCUT2D eigenvalue weighted by Crippen LogP contribution is 2.08. The number of carbonyl (C=O) groups is 1. The van der Waals surface area contributed by atoms with Gasteiger partial charge in [-0.3, -0.25) is 14.9 Å². The third-order valence-electron chi connectivity index (χ3n) is 3.01. The molecule has 0 saturated carbocycles. The van der Waals surface area contributed by atoms with Crippen LogP contribution in [0.25, 0.3) is 5.69 Å². The summed E-state index contributed by atoms with van der Waals surface area (Å²) in [7, 11) is 1.86. The molecule has 0 bridgehead atoms. The zero-order chi connectivity index (χ0) is 14.7. The minimum Gasteiger partial charge on any atom is -0.375 e. The van der Waals surface area contributed by atoms with Crippen molar-refractivity contribution >= 4 is 23.6 Å². The van der Waals surface area contributed by atoms with Gasteiger partial charge in [0.2, 0.25) is 0 Å². The van der Waals surface area contributed by atoms with Crippen molar-refractivity contribution in [3.8, 4) is 5.69 Å². The van der Waals surface area contributed by atoms with E-state index in [4.69, 9.17) is 18.0 Å². The van der Waals surface area contributed by atoms with Crippen molar-refractivity contribution < 1.29 is 4.79 Å². The molecule has 3 N–H and O–H groups in total. The van der Waals surface area contributed by atoms with Crippen LogP contribution in [0.2, 0.25) is 0 Å². The number of aldehydes is 1. The molecule has 0 unspecified atom stereocenters. The molecule has 6 nitrogen and oxygen atoms in total. The van der Waals surface area contributed by atoms with Crippen LogP contribution in [-0.4, -0.2) is 20.8 Å². The summed E-state index contributed by atoms with van der Waals surface area (Å²) >= 11 is 4.74. The molecule has 1 heterocycles. The minimum atomic E-state index is 0.0444. The Hall–Kier alpha value is -2.41. The smallest absolute Gasteiger partial charge is 0.184 e. The van der Waals surface area contributed by atoms with Crippen LogP contribution in [-0.2, 0) is 7.05 Å². The average molecular weight is 289 g/mol. The van der Waals surface area contributed by atoms with Crippen LogP contribution < -0.4 is 16.6 Å². The van der Waals surface area contributed by atoms with E-state index in [1.807, 2.05) is 53.7 Å². The van der Waals surface area contributed by atoms with E-state index >= 15 is 0 Å². The second-order valence-electron chi connectivity index (χ2n) is 4.20. The van der Waals surface area contributed by atoms with Crippen LogP contribution in [0, 0.1) is 6.92 Å². The maximum atomic E-state index is 11.3. The predicted molar refractivity (Wildman–Crippen MR) is 80.3 cm³/mol. The lowest BCUT2D eigenvalue weighted by molar-refractivity contribution is 0.112. The maximum Gasteiger partial charge on any atom is 0.184 e. The van der Waals surface area contributed by atoms with Crippen LogP contribution in [0.5, 0.6) is 0 Å². The van der Waals surface area contributed by atoms with Crippen molar-refractivity contribution in [3.05, 3.63) is 47.1 Å². The molecule has 20 heavy (non-hydrogen) atoms. The number of nitrogens with two attached hydrogens (primary N) is 1. The van der Waals surface area contributed by atoms with Gasteiger partial charge in [0.1, 0.15) is 0 Å². The first-order valence-corrected chi connectivity index (χ1v) is 6.35. The van der Waals surface area contributed by atoms with Gasteiger partial charge < -0.3 is 5.73 Å². The molecule has 0 amide bonds. The standard InChI is InChI=1S/C13H15N5OS/c1-9-11(8-19)12(15-16-13(14)20)18(17(9)2)10-6-4-3-5-7-10/h3-8H,1-2H3,(H3,14,16,20). The Morgan fingerprint density at radius 1 is 1.40 bits per heavy atom. The Balaban J connectivity index is 2.76. The minimum absolute atomic E-state index is 0.0444. The number of nitrogens with zero attached hydrogens (tertiary/aromatic N) is 3. The van der Waals surface area contributed by atoms with Gasteiger partial charge in [0.15, 0.2) is 16.9 Å². The van der Waals surface area contributed by atoms with Crippen molar-refractivity contribution in [1.82, 2.24) is 14.8 Å². The first-order chi connectivity index (χ1) is 9.56. The van der Waals surface area contributed by atoms with E-state index in [2.05, 4.69) is 10.5 Å². The molecule has 0 radical (unpaired) electrons. The van der Waals surface area contributed by atoms with E-state index in [1.165, 1.54) is 0 Å². The van der Waals surface area contributed by atoms with Gasteiger partial charge in [0.05, 0.1) is 11.3 Å². The summed E-state index contributed by atoms with van der Waals surface area (Å²) in [6, 6.07) is 9.60. The monoisotopic (exact) mass is 289 g/mol. The Morgan fingerprint density at radius 2 is 2.05 bits per heavy atom. The Kier molecular flexibility index (Phi) is 3.99. The fourth-order valence-electron chi connectivity index (χ4n) is 1.96. The molecule has 0 aliphatic carbocycles. The van der Waals surface area contributed by atoms with Crippen LogP contribution in [0.3, 0.4) is 0 Å². The number of aromatic nitrogens is 2. The molecule has 2 rings (SSSR count). The van der Waals surface area contributed by atoms with Gasteiger partial charge >= 0.3 is 0 Å². The lowest BCUT2D eigenvalue weighted by Crippen LogP contribution is -2.31. The lowest BCUT2D eigenvalue weighted by Gasteiger charge is -2.09. The number of para-hydroxylation sites is 1. The van der Waals surface area contributed by atoms with Gasteiger partial charge in [-0.1, -0.05) is 18.2 Å². The third-order valence-corrected chi connectivity index (χ3v) is 3.10. The second kappa shape index (κ2) is 5.70. The maximum absolute atomic E-state index is 11.3. The number of hydrogen-bond donors (Lipinski definition) is 2. The van der Waals surface area contributed by atoms with Crippen molar-refractivity contribution in [3.63, 3.8) is 0 Å². The van der Waals surface area contributed by atoms with Gasteiger partial charge in [-0.2, -0.15) is 5.10 Å². The van der Waals surface area contributed by atoms with Gasteiger partial charge in [-0.25, -0.2) is 4.68 Å². The predicted octanol–water partition coefficient (Wildman–Crippen LogP) is 0.586. The molecule has 7 heteroatoms. The van der Waals surface area contributed by atoms with Gasteiger partial charge in [-0.05, 0) is 31.3 Å². The van der Waals surface area contributed by atoms with E-state index in [9.17, 15) is 4.79 Å². The molecule has 0 spiro atoms. The van der Waals surface area contributed by atoms with Crippen molar-refractivity contribution in [1.29, 1.82) is 0 Å². The summed E-state index contributed by atoms with van der Waals surface area (Å²) in [6.07, 6.45) is 0.773. The van der Waals surface area contributed by atoms with E-state index in [0.717, 1.165) is 17.7 Å². The number of benzene rings is 1. The normalized spacial score (nSPS) is 11.4. The van der Waals surface area contributed by atoms with Crippen molar-refractivity contribution in [2.45, 2.75) is 6.92 Å². The molecule has 0 fully saturated rings. The zero-order valence-corrected chi connectivity index (χ0v) is 12.0. The van der Waals surface area contributed by atoms with Crippen molar-refractivity contribution in [2.24, 2.45) is 17.9 Å².